The number of sulfonamides is 1. The van der Waals surface area contributed by atoms with Crippen molar-refractivity contribution in [3.05, 3.63) is 60.2 Å². The van der Waals surface area contributed by atoms with Crippen LogP contribution in [0.25, 0.3) is 0 Å². The molecule has 0 aliphatic carbocycles. The Morgan fingerprint density at radius 2 is 1.64 bits per heavy atom. The molecular formula is C16H21N2O3S+. The molecule has 0 amide bonds. The Kier molecular flexibility index (Phi) is 4.85. The van der Waals surface area contributed by atoms with Crippen LogP contribution in [0, 0.1) is 0 Å². The Bertz CT molecular complexity index is 715. The van der Waals surface area contributed by atoms with Crippen molar-refractivity contribution in [2.75, 3.05) is 6.54 Å². The number of rotatable bonds is 6. The topological polar surface area (TPSA) is 80.4 Å². The average Bonchev–Trinajstić information content (AvgIpc) is 2.49. The van der Waals surface area contributed by atoms with Crippen molar-refractivity contribution >= 4 is 10.0 Å². The van der Waals surface area contributed by atoms with Crippen LogP contribution in [0.3, 0.4) is 0 Å². The lowest BCUT2D eigenvalue weighted by atomic mass is 10.2. The van der Waals surface area contributed by atoms with Crippen LogP contribution in [-0.2, 0) is 16.6 Å². The van der Waals surface area contributed by atoms with Gasteiger partial charge in [0.05, 0.1) is 0 Å². The molecule has 0 heterocycles. The van der Waals surface area contributed by atoms with E-state index in [0.29, 0.717) is 13.0 Å². The zero-order chi connectivity index (χ0) is 16.2. The minimum absolute atomic E-state index is 0.0209. The first kappa shape index (κ1) is 16.5. The maximum absolute atomic E-state index is 12.9. The summed E-state index contributed by atoms with van der Waals surface area (Å²) >= 11 is 0. The second-order valence-corrected chi connectivity index (χ2v) is 7.44. The number of aromatic hydroxyl groups is 1. The predicted molar refractivity (Wildman–Crippen MR) is 85.0 cm³/mol. The van der Waals surface area contributed by atoms with Crippen LogP contribution < -0.4 is 5.84 Å². The largest absolute Gasteiger partial charge is 0.508 e. The maximum Gasteiger partial charge on any atom is 0.345 e. The van der Waals surface area contributed by atoms with Crippen LogP contribution in [0.5, 0.6) is 5.75 Å². The monoisotopic (exact) mass is 321 g/mol. The van der Waals surface area contributed by atoms with Crippen molar-refractivity contribution in [3.63, 3.8) is 0 Å². The van der Waals surface area contributed by atoms with E-state index in [2.05, 4.69) is 0 Å². The van der Waals surface area contributed by atoms with Gasteiger partial charge in [0, 0.05) is 5.56 Å². The summed E-state index contributed by atoms with van der Waals surface area (Å²) < 4.78 is 25.3. The molecule has 0 spiro atoms. The number of nitrogens with two attached hydrogens (primary N) is 1. The van der Waals surface area contributed by atoms with Gasteiger partial charge in [-0.05, 0) is 30.7 Å². The van der Waals surface area contributed by atoms with Crippen molar-refractivity contribution in [2.45, 2.75) is 24.8 Å². The number of phenolic OH excluding ortho intramolecular Hbond substituents is 1. The Hall–Kier alpha value is -1.89. The summed E-state index contributed by atoms with van der Waals surface area (Å²) in [7, 11) is -3.77. The molecule has 2 rings (SSSR count). The quantitative estimate of drug-likeness (QED) is 0.486. The fraction of sp³-hybridized carbons (Fsp3) is 0.250. The minimum Gasteiger partial charge on any atom is -0.508 e. The SMILES string of the molecule is CCC[N+](N)(Cc1ccccc1)S(=O)(=O)c1ccc(O)cc1. The first-order valence-corrected chi connectivity index (χ1v) is 8.57. The average molecular weight is 321 g/mol. The van der Waals surface area contributed by atoms with Gasteiger partial charge in [-0.25, -0.2) is 0 Å². The number of quaternary nitrogens is 1. The lowest BCUT2D eigenvalue weighted by Crippen LogP contribution is -2.57. The molecule has 0 radical (unpaired) electrons. The van der Waals surface area contributed by atoms with Crippen molar-refractivity contribution in [3.8, 4) is 5.75 Å². The normalized spacial score (nSPS) is 14.5. The Labute approximate surface area is 131 Å². The number of nitrogens with zero attached hydrogens (tertiary/aromatic N) is 1. The molecule has 1 unspecified atom stereocenters. The van der Waals surface area contributed by atoms with Gasteiger partial charge in [0.1, 0.15) is 23.7 Å². The van der Waals surface area contributed by atoms with Gasteiger partial charge < -0.3 is 5.11 Å². The summed E-state index contributed by atoms with van der Waals surface area (Å²) in [6.45, 7) is 2.40. The highest BCUT2D eigenvalue weighted by molar-refractivity contribution is 7.85. The summed E-state index contributed by atoms with van der Waals surface area (Å²) in [5, 5.41) is 9.33. The number of benzene rings is 2. The van der Waals surface area contributed by atoms with Gasteiger partial charge in [0.15, 0.2) is 0 Å². The van der Waals surface area contributed by atoms with Crippen LogP contribution in [-0.4, -0.2) is 24.1 Å². The Balaban J connectivity index is 2.42. The van der Waals surface area contributed by atoms with Crippen LogP contribution in [0.2, 0.25) is 0 Å². The summed E-state index contributed by atoms with van der Waals surface area (Å²) in [6, 6.07) is 14.8. The van der Waals surface area contributed by atoms with Crippen LogP contribution in [0.15, 0.2) is 59.5 Å². The van der Waals surface area contributed by atoms with E-state index < -0.39 is 14.0 Å². The third-order valence-electron chi connectivity index (χ3n) is 3.51. The highest BCUT2D eigenvalue weighted by atomic mass is 32.2. The van der Waals surface area contributed by atoms with E-state index in [4.69, 9.17) is 5.84 Å². The highest BCUT2D eigenvalue weighted by Crippen LogP contribution is 2.25. The van der Waals surface area contributed by atoms with Gasteiger partial charge in [0.25, 0.3) is 0 Å². The molecule has 2 aromatic carbocycles. The molecule has 118 valence electrons. The van der Waals surface area contributed by atoms with Crippen LogP contribution in [0.4, 0.5) is 0 Å². The van der Waals surface area contributed by atoms with Crippen molar-refractivity contribution in [1.29, 1.82) is 0 Å². The molecule has 6 heteroatoms. The number of phenols is 1. The van der Waals surface area contributed by atoms with Gasteiger partial charge in [-0.15, -0.1) is 4.00 Å². The molecular weight excluding hydrogens is 300 g/mol. The molecule has 3 N–H and O–H groups in total. The van der Waals surface area contributed by atoms with Crippen molar-refractivity contribution < 1.29 is 17.5 Å². The maximum atomic E-state index is 12.9. The first-order valence-electron chi connectivity index (χ1n) is 7.13. The van der Waals surface area contributed by atoms with E-state index in [1.165, 1.54) is 24.3 Å². The standard InChI is InChI=1S/C16H20N2O3S/c1-2-12-18(17,13-14-6-4-3-5-7-14)22(20,21)16-10-8-15(19)9-11-16/h3-11H,2,12-13,17H2,1H3/p+1. The summed E-state index contributed by atoms with van der Waals surface area (Å²) in [5.74, 6) is 6.30. The predicted octanol–water partition coefficient (Wildman–Crippen LogP) is 2.38. The summed E-state index contributed by atoms with van der Waals surface area (Å²) in [5.41, 5.74) is 0.862. The first-order chi connectivity index (χ1) is 10.4. The van der Waals surface area contributed by atoms with E-state index in [1.807, 2.05) is 37.3 Å². The molecule has 5 nitrogen and oxygen atoms in total. The molecule has 0 bridgehead atoms. The molecule has 1 atom stereocenters. The Morgan fingerprint density at radius 1 is 1.05 bits per heavy atom. The number of hydrogen-bond donors (Lipinski definition) is 2. The molecule has 0 saturated heterocycles. The van der Waals surface area contributed by atoms with Crippen molar-refractivity contribution in [1.82, 2.24) is 0 Å². The Morgan fingerprint density at radius 3 is 2.18 bits per heavy atom. The van der Waals surface area contributed by atoms with Gasteiger partial charge in [-0.1, -0.05) is 37.3 Å². The lowest BCUT2D eigenvalue weighted by molar-refractivity contribution is -0.832. The van der Waals surface area contributed by atoms with Crippen LogP contribution >= 0.6 is 0 Å². The highest BCUT2D eigenvalue weighted by Gasteiger charge is 2.40. The van der Waals surface area contributed by atoms with E-state index in [9.17, 15) is 13.5 Å². The van der Waals surface area contributed by atoms with Gasteiger partial charge >= 0.3 is 10.0 Å². The van der Waals surface area contributed by atoms with E-state index in [-0.39, 0.29) is 17.2 Å². The van der Waals surface area contributed by atoms with Gasteiger partial charge in [0.2, 0.25) is 0 Å². The fourth-order valence-electron chi connectivity index (χ4n) is 2.38. The van der Waals surface area contributed by atoms with Crippen molar-refractivity contribution in [2.24, 2.45) is 5.84 Å². The molecule has 0 aliphatic rings. The fourth-order valence-corrected chi connectivity index (χ4v) is 4.03. The molecule has 2 aromatic rings. The van der Waals surface area contributed by atoms with Gasteiger partial charge in [-0.2, -0.15) is 14.3 Å². The zero-order valence-corrected chi connectivity index (χ0v) is 13.3. The summed E-state index contributed by atoms with van der Waals surface area (Å²) in [4.78, 5) is 0.109. The third kappa shape index (κ3) is 3.30. The van der Waals surface area contributed by atoms with E-state index in [0.717, 1.165) is 5.56 Å². The molecule has 0 fully saturated rings. The van der Waals surface area contributed by atoms with E-state index >= 15 is 0 Å². The van der Waals surface area contributed by atoms with Crippen LogP contribution in [0.1, 0.15) is 18.9 Å². The number of hydrogen-bond acceptors (Lipinski definition) is 4. The second-order valence-electron chi connectivity index (χ2n) is 5.29. The third-order valence-corrected chi connectivity index (χ3v) is 5.65. The van der Waals surface area contributed by atoms with Gasteiger partial charge in [-0.3, -0.25) is 0 Å². The zero-order valence-electron chi connectivity index (χ0n) is 12.5. The smallest absolute Gasteiger partial charge is 0.345 e. The minimum atomic E-state index is -3.77. The molecule has 22 heavy (non-hydrogen) atoms. The van der Waals surface area contributed by atoms with E-state index in [1.54, 1.807) is 0 Å². The summed E-state index contributed by atoms with van der Waals surface area (Å²) in [6.07, 6.45) is 0.640. The lowest BCUT2D eigenvalue weighted by Gasteiger charge is -2.31. The molecule has 0 aliphatic heterocycles. The molecule has 0 saturated carbocycles. The molecule has 0 aromatic heterocycles. The second kappa shape index (κ2) is 6.48.